The topological polar surface area (TPSA) is 48.4 Å². The zero-order valence-electron chi connectivity index (χ0n) is 17.8. The van der Waals surface area contributed by atoms with Crippen molar-refractivity contribution < 1.29 is 14.3 Å². The molecule has 4 nitrogen and oxygen atoms in total. The fourth-order valence-corrected chi connectivity index (χ4v) is 3.28. The molecule has 0 atom stereocenters. The van der Waals surface area contributed by atoms with Crippen LogP contribution in [-0.4, -0.2) is 24.7 Å². The van der Waals surface area contributed by atoms with E-state index < -0.39 is 0 Å². The number of benzene rings is 2. The second-order valence-electron chi connectivity index (χ2n) is 7.29. The molecule has 3 rings (SSSR count). The van der Waals surface area contributed by atoms with Crippen LogP contribution in [0, 0.1) is 0 Å². The molecule has 2 aromatic carbocycles. The number of carbonyl (C=O) groups is 1. The van der Waals surface area contributed by atoms with Crippen molar-refractivity contribution in [1.82, 2.24) is 4.98 Å². The Bertz CT molecular complexity index is 916. The molecule has 1 aromatic heterocycles. The van der Waals surface area contributed by atoms with Gasteiger partial charge in [0.15, 0.2) is 0 Å². The summed E-state index contributed by atoms with van der Waals surface area (Å²) in [5.74, 6) is 0.536. The van der Waals surface area contributed by atoms with Crippen LogP contribution >= 0.6 is 0 Å². The highest BCUT2D eigenvalue weighted by Crippen LogP contribution is 2.26. The molecule has 0 aliphatic carbocycles. The number of hydrogen-bond donors (Lipinski definition) is 0. The maximum absolute atomic E-state index is 11.5. The van der Waals surface area contributed by atoms with E-state index in [2.05, 4.69) is 36.2 Å². The van der Waals surface area contributed by atoms with Gasteiger partial charge in [-0.25, -0.2) is 4.79 Å². The van der Waals surface area contributed by atoms with E-state index in [1.807, 2.05) is 30.3 Å². The van der Waals surface area contributed by atoms with E-state index in [1.54, 1.807) is 6.07 Å². The lowest BCUT2D eigenvalue weighted by molar-refractivity contribution is 0.0600. The monoisotopic (exact) mass is 403 g/mol. The average molecular weight is 404 g/mol. The minimum atomic E-state index is -0.381. The van der Waals surface area contributed by atoms with Crippen LogP contribution in [0.15, 0.2) is 66.9 Å². The summed E-state index contributed by atoms with van der Waals surface area (Å²) in [6.07, 6.45) is 7.75. The first-order chi connectivity index (χ1) is 14.7. The number of hydrogen-bond acceptors (Lipinski definition) is 4. The number of esters is 1. The summed E-state index contributed by atoms with van der Waals surface area (Å²) in [6, 6.07) is 20.0. The van der Waals surface area contributed by atoms with Gasteiger partial charge in [-0.05, 0) is 41.8 Å². The molecule has 30 heavy (non-hydrogen) atoms. The fourth-order valence-electron chi connectivity index (χ4n) is 3.28. The van der Waals surface area contributed by atoms with Gasteiger partial charge in [0, 0.05) is 11.8 Å². The van der Waals surface area contributed by atoms with Crippen LogP contribution in [0.1, 0.15) is 49.4 Å². The van der Waals surface area contributed by atoms with E-state index in [-0.39, 0.29) is 5.97 Å². The second-order valence-corrected chi connectivity index (χ2v) is 7.29. The molecule has 0 spiro atoms. The molecule has 4 heteroatoms. The zero-order valence-corrected chi connectivity index (χ0v) is 17.8. The van der Waals surface area contributed by atoms with Crippen molar-refractivity contribution in [2.24, 2.45) is 0 Å². The number of rotatable bonds is 10. The van der Waals surface area contributed by atoms with Gasteiger partial charge in [-0.1, -0.05) is 69.0 Å². The van der Waals surface area contributed by atoms with Crippen LogP contribution < -0.4 is 4.74 Å². The SMILES string of the molecule is CCCCCCCOc1ccc(-c2ccc(-c3ccc(C(=O)OC)cn3)cc2)cc1. The van der Waals surface area contributed by atoms with Crippen molar-refractivity contribution in [2.45, 2.75) is 39.0 Å². The number of aromatic nitrogens is 1. The Morgan fingerprint density at radius 2 is 1.43 bits per heavy atom. The van der Waals surface area contributed by atoms with E-state index in [4.69, 9.17) is 9.47 Å². The van der Waals surface area contributed by atoms with Gasteiger partial charge in [0.1, 0.15) is 5.75 Å². The summed E-state index contributed by atoms with van der Waals surface area (Å²) in [5.41, 5.74) is 4.54. The zero-order chi connectivity index (χ0) is 21.2. The maximum atomic E-state index is 11.5. The molecule has 1 heterocycles. The molecule has 0 saturated carbocycles. The Balaban J connectivity index is 1.57. The van der Waals surface area contributed by atoms with Crippen molar-refractivity contribution >= 4 is 5.97 Å². The molecular formula is C26H29NO3. The average Bonchev–Trinajstić information content (AvgIpc) is 2.81. The first-order valence-corrected chi connectivity index (χ1v) is 10.6. The predicted molar refractivity (Wildman–Crippen MR) is 121 cm³/mol. The summed E-state index contributed by atoms with van der Waals surface area (Å²) in [7, 11) is 1.36. The Morgan fingerprint density at radius 1 is 0.800 bits per heavy atom. The molecular weight excluding hydrogens is 374 g/mol. The quantitative estimate of drug-likeness (QED) is 0.284. The highest BCUT2D eigenvalue weighted by Gasteiger charge is 2.07. The molecule has 0 aliphatic heterocycles. The maximum Gasteiger partial charge on any atom is 0.339 e. The largest absolute Gasteiger partial charge is 0.494 e. The smallest absolute Gasteiger partial charge is 0.339 e. The number of methoxy groups -OCH3 is 1. The minimum Gasteiger partial charge on any atom is -0.494 e. The lowest BCUT2D eigenvalue weighted by Gasteiger charge is -2.08. The van der Waals surface area contributed by atoms with Gasteiger partial charge in [0.05, 0.1) is 25.0 Å². The van der Waals surface area contributed by atoms with Gasteiger partial charge in [-0.15, -0.1) is 0 Å². The molecule has 3 aromatic rings. The van der Waals surface area contributed by atoms with E-state index in [1.165, 1.54) is 39.0 Å². The minimum absolute atomic E-state index is 0.381. The van der Waals surface area contributed by atoms with Crippen LogP contribution in [0.4, 0.5) is 0 Å². The molecule has 156 valence electrons. The third-order valence-electron chi connectivity index (χ3n) is 5.07. The van der Waals surface area contributed by atoms with Crippen molar-refractivity contribution in [2.75, 3.05) is 13.7 Å². The molecule has 0 bridgehead atoms. The summed E-state index contributed by atoms with van der Waals surface area (Å²) in [4.78, 5) is 15.9. The van der Waals surface area contributed by atoms with Crippen LogP contribution in [0.3, 0.4) is 0 Å². The van der Waals surface area contributed by atoms with Crippen LogP contribution in [0.25, 0.3) is 22.4 Å². The summed E-state index contributed by atoms with van der Waals surface area (Å²) in [5, 5.41) is 0. The number of nitrogens with zero attached hydrogens (tertiary/aromatic N) is 1. The van der Waals surface area contributed by atoms with Gasteiger partial charge >= 0.3 is 5.97 Å². The first-order valence-electron chi connectivity index (χ1n) is 10.6. The highest BCUT2D eigenvalue weighted by molar-refractivity contribution is 5.89. The van der Waals surface area contributed by atoms with Gasteiger partial charge < -0.3 is 9.47 Å². The molecule has 0 aliphatic rings. The number of ether oxygens (including phenoxy) is 2. The predicted octanol–water partition coefficient (Wildman–Crippen LogP) is 6.55. The Kier molecular flexibility index (Phi) is 8.02. The summed E-state index contributed by atoms with van der Waals surface area (Å²) in [6.45, 7) is 3.01. The normalized spacial score (nSPS) is 10.6. The van der Waals surface area contributed by atoms with E-state index >= 15 is 0 Å². The molecule has 0 amide bonds. The standard InChI is InChI=1S/C26H29NO3/c1-3-4-5-6-7-18-30-24-15-12-21(13-16-24)20-8-10-22(11-9-20)25-17-14-23(19-27-25)26(28)29-2/h8-17,19H,3-7,18H2,1-2H3. The lowest BCUT2D eigenvalue weighted by Crippen LogP contribution is -2.01. The third-order valence-corrected chi connectivity index (χ3v) is 5.07. The van der Waals surface area contributed by atoms with Crippen LogP contribution in [0.5, 0.6) is 5.75 Å². The molecule has 0 radical (unpaired) electrons. The molecule has 0 N–H and O–H groups in total. The van der Waals surface area contributed by atoms with Crippen LogP contribution in [-0.2, 0) is 4.74 Å². The summed E-state index contributed by atoms with van der Waals surface area (Å²) >= 11 is 0. The highest BCUT2D eigenvalue weighted by atomic mass is 16.5. The lowest BCUT2D eigenvalue weighted by atomic mass is 10.0. The van der Waals surface area contributed by atoms with Gasteiger partial charge in [0.2, 0.25) is 0 Å². The van der Waals surface area contributed by atoms with Crippen molar-refractivity contribution in [1.29, 1.82) is 0 Å². The Hall–Kier alpha value is -3.14. The fraction of sp³-hybridized carbons (Fsp3) is 0.308. The van der Waals surface area contributed by atoms with E-state index in [9.17, 15) is 4.79 Å². The number of unbranched alkanes of at least 4 members (excludes halogenated alkanes) is 4. The van der Waals surface area contributed by atoms with Crippen molar-refractivity contribution in [3.05, 3.63) is 72.4 Å². The summed E-state index contributed by atoms with van der Waals surface area (Å²) < 4.78 is 10.6. The van der Waals surface area contributed by atoms with Crippen molar-refractivity contribution in [3.8, 4) is 28.1 Å². The van der Waals surface area contributed by atoms with Gasteiger partial charge in [-0.2, -0.15) is 0 Å². The third kappa shape index (κ3) is 5.93. The van der Waals surface area contributed by atoms with Gasteiger partial charge in [-0.3, -0.25) is 4.98 Å². The second kappa shape index (κ2) is 11.1. The number of pyridine rings is 1. The van der Waals surface area contributed by atoms with Crippen molar-refractivity contribution in [3.63, 3.8) is 0 Å². The molecule has 0 unspecified atom stereocenters. The van der Waals surface area contributed by atoms with Crippen LogP contribution in [0.2, 0.25) is 0 Å². The van der Waals surface area contributed by atoms with E-state index in [0.29, 0.717) is 5.56 Å². The Morgan fingerprint density at radius 3 is 2.03 bits per heavy atom. The molecule has 0 fully saturated rings. The Labute approximate surface area is 178 Å². The molecule has 0 saturated heterocycles. The van der Waals surface area contributed by atoms with Gasteiger partial charge in [0.25, 0.3) is 0 Å². The first kappa shape index (κ1) is 21.6. The van der Waals surface area contributed by atoms with E-state index in [0.717, 1.165) is 41.2 Å². The number of carbonyl (C=O) groups excluding carboxylic acids is 1.